The summed E-state index contributed by atoms with van der Waals surface area (Å²) in [6, 6.07) is 3.36. The average Bonchev–Trinajstić information content (AvgIpc) is 2.30. The normalized spacial score (nSPS) is 11.4. The Morgan fingerprint density at radius 2 is 1.95 bits per heavy atom. The van der Waals surface area contributed by atoms with E-state index in [0.29, 0.717) is 0 Å². The molecule has 0 unspecified atom stereocenters. The van der Waals surface area contributed by atoms with Gasteiger partial charge in [-0.1, -0.05) is 0 Å². The first kappa shape index (κ1) is 15.3. The molecule has 0 aliphatic carbocycles. The van der Waals surface area contributed by atoms with Crippen LogP contribution in [0.25, 0.3) is 0 Å². The molecule has 1 aromatic rings. The number of unbranched alkanes of at least 4 members (excludes halogenated alkanes) is 1. The smallest absolute Gasteiger partial charge is 0.389 e. The summed E-state index contributed by atoms with van der Waals surface area (Å²) in [6.45, 7) is 0.0882. The van der Waals surface area contributed by atoms with Crippen LogP contribution in [-0.2, 0) is 0 Å². The predicted molar refractivity (Wildman–Crippen MR) is 63.1 cm³/mol. The van der Waals surface area contributed by atoms with Gasteiger partial charge in [0.25, 0.3) is 5.91 Å². The third-order valence-corrected chi connectivity index (χ3v) is 2.43. The lowest BCUT2D eigenvalue weighted by Crippen LogP contribution is -2.25. The van der Waals surface area contributed by atoms with Crippen LogP contribution < -0.4 is 11.1 Å². The molecule has 0 saturated heterocycles. The molecule has 106 valence electrons. The van der Waals surface area contributed by atoms with Gasteiger partial charge in [0.2, 0.25) is 0 Å². The van der Waals surface area contributed by atoms with Crippen LogP contribution in [0.1, 0.15) is 29.6 Å². The zero-order valence-corrected chi connectivity index (χ0v) is 10.1. The highest BCUT2D eigenvalue weighted by atomic mass is 19.4. The molecule has 0 spiro atoms. The monoisotopic (exact) mass is 278 g/mol. The minimum absolute atomic E-state index is 0.0178. The molecule has 0 bridgehead atoms. The number of benzene rings is 1. The van der Waals surface area contributed by atoms with Gasteiger partial charge in [0.15, 0.2) is 0 Å². The minimum Gasteiger partial charge on any atom is -0.398 e. The minimum atomic E-state index is -4.18. The molecule has 0 heterocycles. The maximum absolute atomic E-state index is 12.9. The van der Waals surface area contributed by atoms with Gasteiger partial charge in [-0.15, -0.1) is 0 Å². The van der Waals surface area contributed by atoms with Gasteiger partial charge in [0, 0.05) is 18.7 Å². The Balaban J connectivity index is 2.38. The third kappa shape index (κ3) is 5.58. The van der Waals surface area contributed by atoms with E-state index in [1.165, 1.54) is 6.07 Å². The zero-order chi connectivity index (χ0) is 14.5. The molecule has 1 aromatic carbocycles. The number of hydrogen-bond acceptors (Lipinski definition) is 2. The number of carbonyl (C=O) groups is 1. The lowest BCUT2D eigenvalue weighted by atomic mass is 10.1. The number of rotatable bonds is 5. The van der Waals surface area contributed by atoms with Crippen molar-refractivity contribution in [1.29, 1.82) is 0 Å². The van der Waals surface area contributed by atoms with Crippen molar-refractivity contribution < 1.29 is 22.4 Å². The molecule has 0 saturated carbocycles. The largest absolute Gasteiger partial charge is 0.398 e. The first-order valence-electron chi connectivity index (χ1n) is 5.69. The van der Waals surface area contributed by atoms with Crippen LogP contribution in [0, 0.1) is 5.82 Å². The Kier molecular flexibility index (Phi) is 5.14. The van der Waals surface area contributed by atoms with Crippen LogP contribution in [0.2, 0.25) is 0 Å². The SMILES string of the molecule is Nc1ccc(F)cc1C(=O)NCCCCC(F)(F)F. The molecule has 0 aromatic heterocycles. The van der Waals surface area contributed by atoms with Crippen LogP contribution in [0.4, 0.5) is 23.2 Å². The molecule has 7 heteroatoms. The van der Waals surface area contributed by atoms with Crippen molar-refractivity contribution >= 4 is 11.6 Å². The van der Waals surface area contributed by atoms with E-state index in [1.807, 2.05) is 0 Å². The summed E-state index contributed by atoms with van der Waals surface area (Å²) < 4.78 is 48.5. The van der Waals surface area contributed by atoms with Gasteiger partial charge in [-0.05, 0) is 31.0 Å². The van der Waals surface area contributed by atoms with Gasteiger partial charge in [0.05, 0.1) is 5.56 Å². The number of nitrogens with one attached hydrogen (secondary N) is 1. The number of hydrogen-bond donors (Lipinski definition) is 2. The Bertz CT molecular complexity index is 446. The summed E-state index contributed by atoms with van der Waals surface area (Å²) in [5.74, 6) is -1.19. The number of carbonyl (C=O) groups excluding carboxylic acids is 1. The number of halogens is 4. The molecule has 0 atom stereocenters. The van der Waals surface area contributed by atoms with E-state index in [2.05, 4.69) is 5.32 Å². The molecule has 0 radical (unpaired) electrons. The summed E-state index contributed by atoms with van der Waals surface area (Å²) in [7, 11) is 0. The van der Waals surface area contributed by atoms with Crippen LogP contribution >= 0.6 is 0 Å². The summed E-state index contributed by atoms with van der Waals surface area (Å²) in [4.78, 5) is 11.6. The fourth-order valence-corrected chi connectivity index (χ4v) is 1.47. The lowest BCUT2D eigenvalue weighted by molar-refractivity contribution is -0.135. The standard InChI is InChI=1S/C12H14F4N2O/c13-8-3-4-10(17)9(7-8)11(19)18-6-2-1-5-12(14,15)16/h3-4,7H,1-2,5-6,17H2,(H,18,19). The second-order valence-electron chi connectivity index (χ2n) is 4.06. The van der Waals surface area contributed by atoms with Gasteiger partial charge >= 0.3 is 6.18 Å². The Labute approximate surface area is 107 Å². The van der Waals surface area contributed by atoms with Gasteiger partial charge in [-0.2, -0.15) is 13.2 Å². The fourth-order valence-electron chi connectivity index (χ4n) is 1.47. The van der Waals surface area contributed by atoms with E-state index in [-0.39, 0.29) is 30.6 Å². The van der Waals surface area contributed by atoms with Gasteiger partial charge < -0.3 is 11.1 Å². The van der Waals surface area contributed by atoms with Crippen molar-refractivity contribution in [2.75, 3.05) is 12.3 Å². The maximum Gasteiger partial charge on any atom is 0.389 e. The molecule has 0 aliphatic heterocycles. The van der Waals surface area contributed by atoms with E-state index >= 15 is 0 Å². The number of nitrogens with two attached hydrogens (primary N) is 1. The third-order valence-electron chi connectivity index (χ3n) is 2.43. The van der Waals surface area contributed by atoms with Crippen LogP contribution in [0.3, 0.4) is 0 Å². The van der Waals surface area contributed by atoms with Crippen molar-refractivity contribution in [2.45, 2.75) is 25.4 Å². The molecular formula is C12H14F4N2O. The molecule has 1 rings (SSSR count). The second-order valence-corrected chi connectivity index (χ2v) is 4.06. The van der Waals surface area contributed by atoms with Crippen LogP contribution in [0.15, 0.2) is 18.2 Å². The summed E-state index contributed by atoms with van der Waals surface area (Å²) >= 11 is 0. The van der Waals surface area contributed by atoms with E-state index in [4.69, 9.17) is 5.73 Å². The fraction of sp³-hybridized carbons (Fsp3) is 0.417. The van der Waals surface area contributed by atoms with E-state index in [0.717, 1.165) is 12.1 Å². The molecule has 3 nitrogen and oxygen atoms in total. The van der Waals surface area contributed by atoms with Gasteiger partial charge in [0.1, 0.15) is 5.82 Å². The van der Waals surface area contributed by atoms with E-state index < -0.39 is 24.3 Å². The second kappa shape index (κ2) is 6.40. The highest BCUT2D eigenvalue weighted by Crippen LogP contribution is 2.21. The van der Waals surface area contributed by atoms with Crippen molar-refractivity contribution in [2.24, 2.45) is 0 Å². The van der Waals surface area contributed by atoms with Gasteiger partial charge in [-0.25, -0.2) is 4.39 Å². The molecule has 1 amide bonds. The highest BCUT2D eigenvalue weighted by molar-refractivity contribution is 5.99. The summed E-state index contributed by atoms with van der Waals surface area (Å²) in [5, 5.41) is 2.40. The molecule has 0 fully saturated rings. The van der Waals surface area contributed by atoms with Gasteiger partial charge in [-0.3, -0.25) is 4.79 Å². The Hall–Kier alpha value is -1.79. The van der Waals surface area contributed by atoms with E-state index in [1.54, 1.807) is 0 Å². The zero-order valence-electron chi connectivity index (χ0n) is 10.1. The van der Waals surface area contributed by atoms with Crippen molar-refractivity contribution in [1.82, 2.24) is 5.32 Å². The molecular weight excluding hydrogens is 264 g/mol. The quantitative estimate of drug-likeness (QED) is 0.494. The predicted octanol–water partition coefficient (Wildman–Crippen LogP) is 2.87. The first-order chi connectivity index (χ1) is 8.79. The number of nitrogen functional groups attached to an aromatic ring is 1. The molecule has 3 N–H and O–H groups in total. The van der Waals surface area contributed by atoms with Crippen molar-refractivity contribution in [3.8, 4) is 0 Å². The topological polar surface area (TPSA) is 55.1 Å². The van der Waals surface area contributed by atoms with Crippen molar-refractivity contribution in [3.63, 3.8) is 0 Å². The number of alkyl halides is 3. The van der Waals surface area contributed by atoms with Crippen molar-refractivity contribution in [3.05, 3.63) is 29.6 Å². The van der Waals surface area contributed by atoms with E-state index in [9.17, 15) is 22.4 Å². The highest BCUT2D eigenvalue weighted by Gasteiger charge is 2.25. The van der Waals surface area contributed by atoms with Crippen LogP contribution in [0.5, 0.6) is 0 Å². The Morgan fingerprint density at radius 1 is 1.26 bits per heavy atom. The maximum atomic E-state index is 12.9. The summed E-state index contributed by atoms with van der Waals surface area (Å²) in [6.07, 6.45) is -4.94. The van der Waals surface area contributed by atoms with Crippen LogP contribution in [-0.4, -0.2) is 18.6 Å². The average molecular weight is 278 g/mol. The molecule has 0 aliphatic rings. The number of anilines is 1. The lowest BCUT2D eigenvalue weighted by Gasteiger charge is -2.08. The Morgan fingerprint density at radius 3 is 2.58 bits per heavy atom. The molecule has 19 heavy (non-hydrogen) atoms. The summed E-state index contributed by atoms with van der Waals surface area (Å²) in [5.41, 5.74) is 5.60. The first-order valence-corrected chi connectivity index (χ1v) is 5.69. The number of amides is 1.